The van der Waals surface area contributed by atoms with Crippen LogP contribution in [0.3, 0.4) is 0 Å². The van der Waals surface area contributed by atoms with Gasteiger partial charge in [-0.05, 0) is 86.5 Å². The molecule has 2 aromatic heterocycles. The van der Waals surface area contributed by atoms with Crippen molar-refractivity contribution in [3.05, 3.63) is 77.4 Å². The van der Waals surface area contributed by atoms with Crippen LogP contribution in [0.2, 0.25) is 0 Å². The number of amides is 1. The summed E-state index contributed by atoms with van der Waals surface area (Å²) in [4.78, 5) is 21.2. The Balaban J connectivity index is 1.51. The molecule has 0 bridgehead atoms. The van der Waals surface area contributed by atoms with Crippen molar-refractivity contribution in [3.8, 4) is 10.4 Å². The van der Waals surface area contributed by atoms with Crippen LogP contribution < -0.4 is 5.32 Å². The van der Waals surface area contributed by atoms with Gasteiger partial charge in [0.1, 0.15) is 0 Å². The van der Waals surface area contributed by atoms with Gasteiger partial charge in [-0.15, -0.1) is 11.3 Å². The van der Waals surface area contributed by atoms with Gasteiger partial charge in [-0.2, -0.15) is 0 Å². The van der Waals surface area contributed by atoms with E-state index in [1.165, 1.54) is 21.6 Å². The summed E-state index contributed by atoms with van der Waals surface area (Å²) in [6.45, 7) is 6.86. The van der Waals surface area contributed by atoms with Gasteiger partial charge in [-0.25, -0.2) is 0 Å². The molecule has 31 heavy (non-hydrogen) atoms. The minimum Gasteiger partial charge on any atom is -0.353 e. The molecule has 0 radical (unpaired) electrons. The minimum atomic E-state index is -0.354. The second kappa shape index (κ2) is 9.75. The molecule has 5 heteroatoms. The number of pyridine rings is 1. The third-order valence-corrected chi connectivity index (χ3v) is 7.06. The largest absolute Gasteiger partial charge is 0.353 e. The quantitative estimate of drug-likeness (QED) is 0.560. The smallest absolute Gasteiger partial charge is 0.226 e. The Hall–Kier alpha value is -2.50. The summed E-state index contributed by atoms with van der Waals surface area (Å²) < 4.78 is 0. The average Bonchev–Trinajstić information content (AvgIpc) is 3.31. The Kier molecular flexibility index (Phi) is 6.83. The van der Waals surface area contributed by atoms with Gasteiger partial charge in [0.25, 0.3) is 0 Å². The molecule has 3 heterocycles. The fourth-order valence-electron chi connectivity index (χ4n) is 4.45. The number of rotatable bonds is 7. The van der Waals surface area contributed by atoms with Gasteiger partial charge in [0.2, 0.25) is 5.91 Å². The lowest BCUT2D eigenvalue weighted by Crippen LogP contribution is -2.51. The summed E-state index contributed by atoms with van der Waals surface area (Å²) in [6, 6.07) is 17.3. The van der Waals surface area contributed by atoms with Crippen molar-refractivity contribution in [2.75, 3.05) is 13.1 Å². The zero-order valence-electron chi connectivity index (χ0n) is 18.4. The first-order chi connectivity index (χ1) is 15.0. The van der Waals surface area contributed by atoms with Crippen LogP contribution in [0.4, 0.5) is 0 Å². The van der Waals surface area contributed by atoms with E-state index in [1.54, 1.807) is 11.3 Å². The van der Waals surface area contributed by atoms with Crippen LogP contribution in [0.15, 0.2) is 66.3 Å². The van der Waals surface area contributed by atoms with E-state index in [0.717, 1.165) is 38.9 Å². The fraction of sp³-hybridized carbons (Fsp3) is 0.385. The Morgan fingerprint density at radius 1 is 1.10 bits per heavy atom. The molecule has 4 rings (SSSR count). The SMILES string of the molecule is CC(C)NC(=O)C1(Cc2cccc(-c3cccs3)c2)CCN(Cc2ccncc2)CC1. The molecule has 1 aliphatic rings. The monoisotopic (exact) mass is 433 g/mol. The van der Waals surface area contributed by atoms with E-state index in [2.05, 4.69) is 69.1 Å². The van der Waals surface area contributed by atoms with Gasteiger partial charge in [-0.1, -0.05) is 30.3 Å². The molecule has 0 saturated carbocycles. The summed E-state index contributed by atoms with van der Waals surface area (Å²) in [6.07, 6.45) is 6.23. The molecule has 3 aromatic rings. The van der Waals surface area contributed by atoms with Crippen molar-refractivity contribution in [1.29, 1.82) is 0 Å². The lowest BCUT2D eigenvalue weighted by Gasteiger charge is -2.41. The molecule has 1 fully saturated rings. The highest BCUT2D eigenvalue weighted by molar-refractivity contribution is 7.13. The molecule has 1 amide bonds. The number of hydrogen-bond donors (Lipinski definition) is 1. The zero-order valence-corrected chi connectivity index (χ0v) is 19.2. The summed E-state index contributed by atoms with van der Waals surface area (Å²) in [7, 11) is 0. The molecule has 1 saturated heterocycles. The molecule has 1 N–H and O–H groups in total. The summed E-state index contributed by atoms with van der Waals surface area (Å²) >= 11 is 1.76. The second-order valence-corrected chi connectivity index (χ2v) is 9.84. The van der Waals surface area contributed by atoms with Crippen LogP contribution in [-0.4, -0.2) is 34.9 Å². The molecule has 0 spiro atoms. The van der Waals surface area contributed by atoms with Gasteiger partial charge >= 0.3 is 0 Å². The number of nitrogens with zero attached hydrogens (tertiary/aromatic N) is 2. The van der Waals surface area contributed by atoms with Crippen molar-refractivity contribution in [3.63, 3.8) is 0 Å². The van der Waals surface area contributed by atoms with Crippen molar-refractivity contribution in [1.82, 2.24) is 15.2 Å². The molecule has 0 unspecified atom stereocenters. The summed E-state index contributed by atoms with van der Waals surface area (Å²) in [5.41, 5.74) is 3.40. The van der Waals surface area contributed by atoms with Gasteiger partial charge < -0.3 is 5.32 Å². The van der Waals surface area contributed by atoms with Crippen LogP contribution in [0, 0.1) is 5.41 Å². The Labute approximate surface area is 189 Å². The van der Waals surface area contributed by atoms with Crippen LogP contribution in [0.1, 0.15) is 37.8 Å². The van der Waals surface area contributed by atoms with E-state index >= 15 is 0 Å². The lowest BCUT2D eigenvalue weighted by molar-refractivity contribution is -0.134. The highest BCUT2D eigenvalue weighted by Gasteiger charge is 2.41. The van der Waals surface area contributed by atoms with Crippen LogP contribution in [0.5, 0.6) is 0 Å². The van der Waals surface area contributed by atoms with E-state index in [9.17, 15) is 4.79 Å². The van der Waals surface area contributed by atoms with Crippen molar-refractivity contribution in [2.24, 2.45) is 5.41 Å². The molecular weight excluding hydrogens is 402 g/mol. The molecule has 0 atom stereocenters. The first-order valence-corrected chi connectivity index (χ1v) is 12.0. The number of aromatic nitrogens is 1. The number of benzene rings is 1. The first-order valence-electron chi connectivity index (χ1n) is 11.1. The number of hydrogen-bond acceptors (Lipinski definition) is 4. The van der Waals surface area contributed by atoms with Crippen LogP contribution in [-0.2, 0) is 17.8 Å². The number of piperidine rings is 1. The van der Waals surface area contributed by atoms with E-state index in [-0.39, 0.29) is 17.4 Å². The predicted octanol–water partition coefficient (Wildman–Crippen LogP) is 5.16. The van der Waals surface area contributed by atoms with Crippen molar-refractivity contribution in [2.45, 2.75) is 45.7 Å². The minimum absolute atomic E-state index is 0.150. The predicted molar refractivity (Wildman–Crippen MR) is 128 cm³/mol. The van der Waals surface area contributed by atoms with Gasteiger partial charge in [-0.3, -0.25) is 14.7 Å². The average molecular weight is 434 g/mol. The molecule has 0 aliphatic carbocycles. The summed E-state index contributed by atoms with van der Waals surface area (Å²) in [5.74, 6) is 0.201. The highest BCUT2D eigenvalue weighted by atomic mass is 32.1. The zero-order chi connectivity index (χ0) is 21.7. The number of carbonyl (C=O) groups excluding carboxylic acids is 1. The van der Waals surface area contributed by atoms with Gasteiger partial charge in [0, 0.05) is 29.9 Å². The van der Waals surface area contributed by atoms with Gasteiger partial charge in [0.15, 0.2) is 0 Å². The highest BCUT2D eigenvalue weighted by Crippen LogP contribution is 2.37. The molecule has 1 aromatic carbocycles. The number of nitrogens with one attached hydrogen (secondary N) is 1. The number of likely N-dealkylation sites (tertiary alicyclic amines) is 1. The Morgan fingerprint density at radius 3 is 2.55 bits per heavy atom. The molecule has 1 aliphatic heterocycles. The number of carbonyl (C=O) groups is 1. The molecule has 4 nitrogen and oxygen atoms in total. The molecule has 162 valence electrons. The van der Waals surface area contributed by atoms with E-state index < -0.39 is 0 Å². The third-order valence-electron chi connectivity index (χ3n) is 6.15. The van der Waals surface area contributed by atoms with Crippen LogP contribution in [0.25, 0.3) is 10.4 Å². The van der Waals surface area contributed by atoms with Crippen molar-refractivity contribution < 1.29 is 4.79 Å². The topological polar surface area (TPSA) is 45.2 Å². The van der Waals surface area contributed by atoms with E-state index in [0.29, 0.717) is 0 Å². The second-order valence-electron chi connectivity index (χ2n) is 8.89. The number of thiophene rings is 1. The van der Waals surface area contributed by atoms with Crippen LogP contribution >= 0.6 is 11.3 Å². The Morgan fingerprint density at radius 2 is 1.87 bits per heavy atom. The fourth-order valence-corrected chi connectivity index (χ4v) is 5.18. The molecular formula is C26H31N3OS. The lowest BCUT2D eigenvalue weighted by atomic mass is 9.72. The summed E-state index contributed by atoms with van der Waals surface area (Å²) in [5, 5.41) is 5.33. The normalized spacial score (nSPS) is 16.4. The van der Waals surface area contributed by atoms with Gasteiger partial charge in [0.05, 0.1) is 5.41 Å². The third kappa shape index (κ3) is 5.41. The maximum absolute atomic E-state index is 13.4. The Bertz CT molecular complexity index is 977. The van der Waals surface area contributed by atoms with E-state index in [4.69, 9.17) is 0 Å². The van der Waals surface area contributed by atoms with Crippen molar-refractivity contribution >= 4 is 17.2 Å². The maximum atomic E-state index is 13.4. The first kappa shape index (κ1) is 21.7. The van der Waals surface area contributed by atoms with E-state index in [1.807, 2.05) is 26.2 Å². The maximum Gasteiger partial charge on any atom is 0.226 e. The standard InChI is InChI=1S/C26H31N3OS/c1-20(2)28-25(30)26(10-14-29(15-11-26)19-21-8-12-27-13-9-21)18-22-5-3-6-23(17-22)24-7-4-16-31-24/h3-9,12-13,16-17,20H,10-11,14-15,18-19H2,1-2H3,(H,28,30).